The minimum Gasteiger partial charge on any atom is -0.347 e. The Labute approximate surface area is 126 Å². The van der Waals surface area contributed by atoms with Gasteiger partial charge < -0.3 is 5.32 Å². The summed E-state index contributed by atoms with van der Waals surface area (Å²) in [5, 5.41) is 11.2. The highest BCUT2D eigenvalue weighted by Gasteiger charge is 2.18. The number of carbonyl (C=O) groups is 1. The molecule has 0 aliphatic carbocycles. The summed E-state index contributed by atoms with van der Waals surface area (Å²) in [6, 6.07) is 7.32. The molecule has 1 N–H and O–H groups in total. The lowest BCUT2D eigenvalue weighted by atomic mass is 10.0. The first-order chi connectivity index (χ1) is 9.56. The third-order valence-electron chi connectivity index (χ3n) is 3.03. The molecule has 0 saturated carbocycles. The van der Waals surface area contributed by atoms with Crippen LogP contribution in [0.15, 0.2) is 41.1 Å². The Kier molecular flexibility index (Phi) is 4.89. The van der Waals surface area contributed by atoms with Crippen LogP contribution in [0.4, 0.5) is 0 Å². The molecule has 0 unspecified atom stereocenters. The molecule has 0 fully saturated rings. The molecule has 1 amide bonds. The number of aromatic nitrogens is 3. The van der Waals surface area contributed by atoms with Crippen molar-refractivity contribution in [2.75, 3.05) is 0 Å². The largest absolute Gasteiger partial charge is 0.347 e. The van der Waals surface area contributed by atoms with Crippen LogP contribution in [-0.2, 0) is 6.54 Å². The second kappa shape index (κ2) is 6.65. The second-order valence-electron chi connectivity index (χ2n) is 4.92. The molecule has 1 aromatic heterocycles. The second-order valence-corrected chi connectivity index (χ2v) is 5.83. The van der Waals surface area contributed by atoms with Gasteiger partial charge in [-0.1, -0.05) is 35.8 Å². The summed E-state index contributed by atoms with van der Waals surface area (Å²) in [6.45, 7) is 4.69. The van der Waals surface area contributed by atoms with Crippen molar-refractivity contribution < 1.29 is 4.79 Å². The standard InChI is InChI=1S/C14H17BrN4O/c1-10(2)13(9-19-16-6-7-17-19)18-14(20)11-4-3-5-12(15)8-11/h3-8,10,13H,9H2,1-2H3,(H,18,20)/t13-/m0/s1. The Bertz CT molecular complexity index is 568. The summed E-state index contributed by atoms with van der Waals surface area (Å²) >= 11 is 3.37. The van der Waals surface area contributed by atoms with Gasteiger partial charge in [0.1, 0.15) is 0 Å². The van der Waals surface area contributed by atoms with Crippen LogP contribution in [0.25, 0.3) is 0 Å². The predicted octanol–water partition coefficient (Wildman–Crippen LogP) is 2.50. The minimum absolute atomic E-state index is 0.0196. The molecule has 0 saturated heterocycles. The molecule has 2 aromatic rings. The summed E-state index contributed by atoms with van der Waals surface area (Å²) < 4.78 is 0.889. The number of hydrogen-bond donors (Lipinski definition) is 1. The Balaban J connectivity index is 2.06. The van der Waals surface area contributed by atoms with Crippen LogP contribution in [-0.4, -0.2) is 26.9 Å². The fraction of sp³-hybridized carbons (Fsp3) is 0.357. The maximum atomic E-state index is 12.3. The molecule has 2 rings (SSSR count). The molecule has 106 valence electrons. The van der Waals surface area contributed by atoms with E-state index in [4.69, 9.17) is 0 Å². The molecule has 0 aliphatic rings. The van der Waals surface area contributed by atoms with Gasteiger partial charge in [-0.2, -0.15) is 15.0 Å². The number of rotatable bonds is 5. The first-order valence-corrected chi connectivity index (χ1v) is 7.26. The lowest BCUT2D eigenvalue weighted by Gasteiger charge is -2.21. The van der Waals surface area contributed by atoms with E-state index < -0.39 is 0 Å². The smallest absolute Gasteiger partial charge is 0.251 e. The monoisotopic (exact) mass is 336 g/mol. The molecule has 1 aromatic carbocycles. The van der Waals surface area contributed by atoms with E-state index in [9.17, 15) is 4.79 Å². The Morgan fingerprint density at radius 1 is 1.35 bits per heavy atom. The van der Waals surface area contributed by atoms with Gasteiger partial charge >= 0.3 is 0 Å². The SMILES string of the molecule is CC(C)[C@H](Cn1nccn1)NC(=O)c1cccc(Br)c1. The molecule has 20 heavy (non-hydrogen) atoms. The highest BCUT2D eigenvalue weighted by atomic mass is 79.9. The fourth-order valence-corrected chi connectivity index (χ4v) is 2.22. The summed E-state index contributed by atoms with van der Waals surface area (Å²) in [7, 11) is 0. The minimum atomic E-state index is -0.0860. The van der Waals surface area contributed by atoms with E-state index >= 15 is 0 Å². The van der Waals surface area contributed by atoms with Gasteiger partial charge in [-0.3, -0.25) is 4.79 Å². The number of hydrogen-bond acceptors (Lipinski definition) is 3. The van der Waals surface area contributed by atoms with Crippen molar-refractivity contribution in [1.29, 1.82) is 0 Å². The number of benzene rings is 1. The summed E-state index contributed by atoms with van der Waals surface area (Å²) in [5.74, 6) is 0.203. The van der Waals surface area contributed by atoms with Gasteiger partial charge in [-0.15, -0.1) is 0 Å². The van der Waals surface area contributed by atoms with Crippen molar-refractivity contribution in [3.05, 3.63) is 46.7 Å². The van der Waals surface area contributed by atoms with E-state index in [1.165, 1.54) is 0 Å². The first kappa shape index (κ1) is 14.7. The van der Waals surface area contributed by atoms with E-state index in [2.05, 4.69) is 45.3 Å². The molecule has 0 radical (unpaired) electrons. The van der Waals surface area contributed by atoms with E-state index in [1.807, 2.05) is 12.1 Å². The van der Waals surface area contributed by atoms with Crippen molar-refractivity contribution in [2.24, 2.45) is 5.92 Å². The highest BCUT2D eigenvalue weighted by molar-refractivity contribution is 9.10. The summed E-state index contributed by atoms with van der Waals surface area (Å²) in [4.78, 5) is 13.8. The normalized spacial score (nSPS) is 12.4. The van der Waals surface area contributed by atoms with Crippen molar-refractivity contribution >= 4 is 21.8 Å². The molecular weight excluding hydrogens is 320 g/mol. The lowest BCUT2D eigenvalue weighted by molar-refractivity contribution is 0.0918. The zero-order valence-electron chi connectivity index (χ0n) is 11.5. The van der Waals surface area contributed by atoms with Gasteiger partial charge in [0.25, 0.3) is 5.91 Å². The average Bonchev–Trinajstić information content (AvgIpc) is 2.90. The van der Waals surface area contributed by atoms with Gasteiger partial charge in [-0.05, 0) is 24.1 Å². The third kappa shape index (κ3) is 3.90. The summed E-state index contributed by atoms with van der Waals surface area (Å²) in [6.07, 6.45) is 3.26. The van der Waals surface area contributed by atoms with E-state index in [1.54, 1.807) is 29.3 Å². The maximum Gasteiger partial charge on any atom is 0.251 e. The Morgan fingerprint density at radius 3 is 2.65 bits per heavy atom. The zero-order valence-corrected chi connectivity index (χ0v) is 13.0. The van der Waals surface area contributed by atoms with Crippen LogP contribution in [0.5, 0.6) is 0 Å². The number of amides is 1. The number of nitrogens with one attached hydrogen (secondary N) is 1. The Hall–Kier alpha value is -1.69. The van der Waals surface area contributed by atoms with Crippen LogP contribution in [0.2, 0.25) is 0 Å². The molecule has 1 heterocycles. The summed E-state index contributed by atoms with van der Waals surface area (Å²) in [5.41, 5.74) is 0.637. The molecular formula is C14H17BrN4O. The van der Waals surface area contributed by atoms with E-state index in [0.717, 1.165) is 4.47 Å². The molecule has 6 heteroatoms. The number of carbonyl (C=O) groups excluding carboxylic acids is 1. The van der Waals surface area contributed by atoms with Crippen molar-refractivity contribution in [3.63, 3.8) is 0 Å². The van der Waals surface area contributed by atoms with Crippen molar-refractivity contribution in [3.8, 4) is 0 Å². The number of nitrogens with zero attached hydrogens (tertiary/aromatic N) is 3. The van der Waals surface area contributed by atoms with Crippen molar-refractivity contribution in [1.82, 2.24) is 20.3 Å². The van der Waals surface area contributed by atoms with Gasteiger partial charge in [0, 0.05) is 10.0 Å². The quantitative estimate of drug-likeness (QED) is 0.912. The lowest BCUT2D eigenvalue weighted by Crippen LogP contribution is -2.42. The van der Waals surface area contributed by atoms with Crippen LogP contribution in [0.3, 0.4) is 0 Å². The van der Waals surface area contributed by atoms with Crippen LogP contribution in [0.1, 0.15) is 24.2 Å². The average molecular weight is 337 g/mol. The zero-order chi connectivity index (χ0) is 14.5. The fourth-order valence-electron chi connectivity index (χ4n) is 1.82. The van der Waals surface area contributed by atoms with Gasteiger partial charge in [0.2, 0.25) is 0 Å². The topological polar surface area (TPSA) is 59.8 Å². The van der Waals surface area contributed by atoms with Crippen LogP contribution in [0, 0.1) is 5.92 Å². The molecule has 1 atom stereocenters. The molecule has 0 spiro atoms. The van der Waals surface area contributed by atoms with E-state index in [0.29, 0.717) is 12.1 Å². The number of halogens is 1. The third-order valence-corrected chi connectivity index (χ3v) is 3.53. The highest BCUT2D eigenvalue weighted by Crippen LogP contribution is 2.12. The predicted molar refractivity (Wildman–Crippen MR) is 80.3 cm³/mol. The van der Waals surface area contributed by atoms with Crippen LogP contribution < -0.4 is 5.32 Å². The van der Waals surface area contributed by atoms with E-state index in [-0.39, 0.29) is 17.9 Å². The van der Waals surface area contributed by atoms with Gasteiger partial charge in [0.05, 0.1) is 25.0 Å². The van der Waals surface area contributed by atoms with Crippen LogP contribution >= 0.6 is 15.9 Å². The van der Waals surface area contributed by atoms with Gasteiger partial charge in [-0.25, -0.2) is 0 Å². The molecule has 0 bridgehead atoms. The molecule has 0 aliphatic heterocycles. The first-order valence-electron chi connectivity index (χ1n) is 6.47. The maximum absolute atomic E-state index is 12.3. The molecule has 5 nitrogen and oxygen atoms in total. The van der Waals surface area contributed by atoms with Crippen molar-refractivity contribution in [2.45, 2.75) is 26.4 Å². The Morgan fingerprint density at radius 2 is 2.05 bits per heavy atom. The van der Waals surface area contributed by atoms with Gasteiger partial charge in [0.15, 0.2) is 0 Å².